The van der Waals surface area contributed by atoms with Crippen LogP contribution in [0.15, 0.2) is 24.0 Å². The molecule has 3 aliphatic rings. The minimum absolute atomic E-state index is 0.0671. The van der Waals surface area contributed by atoms with Crippen LogP contribution in [-0.4, -0.2) is 34.3 Å². The number of morpholine rings is 1. The van der Waals surface area contributed by atoms with Crippen molar-refractivity contribution in [1.29, 1.82) is 0 Å². The summed E-state index contributed by atoms with van der Waals surface area (Å²) in [7, 11) is 0. The van der Waals surface area contributed by atoms with Gasteiger partial charge in [-0.3, -0.25) is 4.79 Å². The summed E-state index contributed by atoms with van der Waals surface area (Å²) >= 11 is 3.75. The topological polar surface area (TPSA) is 29.5 Å². The Morgan fingerprint density at radius 3 is 3.33 bits per heavy atom. The molecule has 0 spiro atoms. The SMILES string of the molecule is O=C1COC2=CC=CC3(Br)CCCN1C23. The van der Waals surface area contributed by atoms with Crippen LogP contribution in [0.1, 0.15) is 12.8 Å². The number of rotatable bonds is 0. The molecule has 0 aromatic rings. The van der Waals surface area contributed by atoms with Gasteiger partial charge in [-0.05, 0) is 18.9 Å². The van der Waals surface area contributed by atoms with Gasteiger partial charge in [0, 0.05) is 6.54 Å². The Balaban J connectivity index is 2.05. The highest BCUT2D eigenvalue weighted by Gasteiger charge is 2.49. The van der Waals surface area contributed by atoms with Crippen molar-refractivity contribution < 1.29 is 9.53 Å². The zero-order chi connectivity index (χ0) is 10.5. The number of nitrogens with zero attached hydrogens (tertiary/aromatic N) is 1. The lowest BCUT2D eigenvalue weighted by atomic mass is 9.84. The molecule has 0 radical (unpaired) electrons. The molecule has 2 saturated heterocycles. The third-order valence-corrected chi connectivity index (χ3v) is 4.41. The van der Waals surface area contributed by atoms with Gasteiger partial charge in [0.2, 0.25) is 0 Å². The van der Waals surface area contributed by atoms with Crippen LogP contribution in [0.25, 0.3) is 0 Å². The summed E-state index contributed by atoms with van der Waals surface area (Å²) in [5.74, 6) is 1.03. The summed E-state index contributed by atoms with van der Waals surface area (Å²) in [6.07, 6.45) is 8.22. The Morgan fingerprint density at radius 2 is 2.47 bits per heavy atom. The predicted octanol–water partition coefficient (Wildman–Crippen LogP) is 1.59. The second-order valence-electron chi connectivity index (χ2n) is 4.24. The van der Waals surface area contributed by atoms with E-state index in [4.69, 9.17) is 4.74 Å². The molecule has 0 aromatic heterocycles. The minimum Gasteiger partial charge on any atom is -0.486 e. The Bertz CT molecular complexity index is 377. The van der Waals surface area contributed by atoms with E-state index in [0.717, 1.165) is 25.1 Å². The number of carbonyl (C=O) groups excluding carboxylic acids is 1. The number of amides is 1. The van der Waals surface area contributed by atoms with Gasteiger partial charge in [-0.15, -0.1) is 0 Å². The molecule has 80 valence electrons. The molecule has 2 unspecified atom stereocenters. The Morgan fingerprint density at radius 1 is 1.60 bits per heavy atom. The molecule has 0 aromatic carbocycles. The van der Waals surface area contributed by atoms with Crippen molar-refractivity contribution in [3.05, 3.63) is 24.0 Å². The largest absolute Gasteiger partial charge is 0.486 e. The normalized spacial score (nSPS) is 38.2. The van der Waals surface area contributed by atoms with Crippen LogP contribution in [0.2, 0.25) is 0 Å². The first kappa shape index (κ1) is 9.46. The average Bonchev–Trinajstić information content (AvgIpc) is 2.23. The molecule has 0 N–H and O–H groups in total. The fourth-order valence-electron chi connectivity index (χ4n) is 2.63. The van der Waals surface area contributed by atoms with Gasteiger partial charge in [0.1, 0.15) is 11.8 Å². The van der Waals surface area contributed by atoms with E-state index in [-0.39, 0.29) is 22.9 Å². The lowest BCUT2D eigenvalue weighted by Gasteiger charge is -2.49. The quantitative estimate of drug-likeness (QED) is 0.626. The number of carbonyl (C=O) groups is 1. The second-order valence-corrected chi connectivity index (χ2v) is 5.71. The molecule has 3 nitrogen and oxygen atoms in total. The van der Waals surface area contributed by atoms with Crippen molar-refractivity contribution in [1.82, 2.24) is 4.90 Å². The van der Waals surface area contributed by atoms with Crippen LogP contribution >= 0.6 is 15.9 Å². The van der Waals surface area contributed by atoms with E-state index in [1.807, 2.05) is 17.1 Å². The molecule has 2 fully saturated rings. The molecule has 15 heavy (non-hydrogen) atoms. The summed E-state index contributed by atoms with van der Waals surface area (Å²) in [6, 6.07) is 0.0671. The molecule has 0 bridgehead atoms. The molecular weight excluding hydrogens is 258 g/mol. The molecular formula is C11H12BrNO2. The number of allylic oxidation sites excluding steroid dienone is 2. The highest BCUT2D eigenvalue weighted by atomic mass is 79.9. The number of alkyl halides is 1. The van der Waals surface area contributed by atoms with Crippen LogP contribution in [0, 0.1) is 0 Å². The summed E-state index contributed by atoms with van der Waals surface area (Å²) in [6.45, 7) is 1.05. The van der Waals surface area contributed by atoms with Crippen molar-refractivity contribution in [3.63, 3.8) is 0 Å². The van der Waals surface area contributed by atoms with Gasteiger partial charge in [-0.1, -0.05) is 28.1 Å². The van der Waals surface area contributed by atoms with Crippen LogP contribution < -0.4 is 0 Å². The molecule has 2 heterocycles. The predicted molar refractivity (Wildman–Crippen MR) is 59.6 cm³/mol. The van der Waals surface area contributed by atoms with Crippen molar-refractivity contribution in [2.45, 2.75) is 23.2 Å². The van der Waals surface area contributed by atoms with Gasteiger partial charge in [-0.25, -0.2) is 0 Å². The smallest absolute Gasteiger partial charge is 0.261 e. The van der Waals surface area contributed by atoms with Gasteiger partial charge in [-0.2, -0.15) is 0 Å². The van der Waals surface area contributed by atoms with Crippen molar-refractivity contribution >= 4 is 21.8 Å². The van der Waals surface area contributed by atoms with E-state index in [2.05, 4.69) is 22.0 Å². The Labute approximate surface area is 96.9 Å². The maximum atomic E-state index is 11.7. The monoisotopic (exact) mass is 269 g/mol. The fraction of sp³-hybridized carbons (Fsp3) is 0.545. The number of ether oxygens (including phenoxy) is 1. The average molecular weight is 270 g/mol. The van der Waals surface area contributed by atoms with Crippen LogP contribution in [-0.2, 0) is 9.53 Å². The van der Waals surface area contributed by atoms with E-state index in [1.54, 1.807) is 0 Å². The van der Waals surface area contributed by atoms with E-state index in [0.29, 0.717) is 0 Å². The Hall–Kier alpha value is -0.770. The van der Waals surface area contributed by atoms with Gasteiger partial charge < -0.3 is 9.64 Å². The lowest BCUT2D eigenvalue weighted by Crippen LogP contribution is -2.60. The fourth-order valence-corrected chi connectivity index (χ4v) is 3.53. The number of hydrogen-bond donors (Lipinski definition) is 0. The van der Waals surface area contributed by atoms with E-state index >= 15 is 0 Å². The first-order chi connectivity index (χ1) is 7.21. The van der Waals surface area contributed by atoms with E-state index < -0.39 is 0 Å². The Kier molecular flexibility index (Phi) is 1.96. The first-order valence-electron chi connectivity index (χ1n) is 5.21. The first-order valence-corrected chi connectivity index (χ1v) is 6.01. The standard InChI is InChI=1S/C11H12BrNO2/c12-11-4-1-3-8-10(11)13(6-2-5-11)9(14)7-15-8/h1,3-4,10H,2,5-7H2. The molecule has 1 amide bonds. The summed E-state index contributed by atoms with van der Waals surface area (Å²) in [4.78, 5) is 13.7. The number of hydrogen-bond acceptors (Lipinski definition) is 2. The number of piperidine rings is 1. The minimum atomic E-state index is -0.106. The third-order valence-electron chi connectivity index (χ3n) is 3.31. The van der Waals surface area contributed by atoms with Crippen LogP contribution in [0.4, 0.5) is 0 Å². The van der Waals surface area contributed by atoms with Gasteiger partial charge in [0.15, 0.2) is 6.61 Å². The zero-order valence-corrected chi connectivity index (χ0v) is 9.87. The van der Waals surface area contributed by atoms with E-state index in [9.17, 15) is 4.79 Å². The van der Waals surface area contributed by atoms with Crippen LogP contribution in [0.3, 0.4) is 0 Å². The highest BCUT2D eigenvalue weighted by molar-refractivity contribution is 9.10. The van der Waals surface area contributed by atoms with Gasteiger partial charge in [0.05, 0.1) is 4.32 Å². The van der Waals surface area contributed by atoms with Crippen molar-refractivity contribution in [2.24, 2.45) is 0 Å². The zero-order valence-electron chi connectivity index (χ0n) is 8.28. The summed E-state index contributed by atoms with van der Waals surface area (Å²) in [5, 5.41) is 0. The number of halogens is 1. The molecule has 4 heteroatoms. The maximum Gasteiger partial charge on any atom is 0.261 e. The lowest BCUT2D eigenvalue weighted by molar-refractivity contribution is -0.145. The van der Waals surface area contributed by atoms with Crippen LogP contribution in [0.5, 0.6) is 0 Å². The van der Waals surface area contributed by atoms with Crippen molar-refractivity contribution in [2.75, 3.05) is 13.2 Å². The van der Waals surface area contributed by atoms with Gasteiger partial charge >= 0.3 is 0 Å². The molecule has 3 rings (SSSR count). The van der Waals surface area contributed by atoms with Gasteiger partial charge in [0.25, 0.3) is 5.91 Å². The summed E-state index contributed by atoms with van der Waals surface area (Å²) in [5.41, 5.74) is 0. The van der Waals surface area contributed by atoms with E-state index in [1.165, 1.54) is 0 Å². The molecule has 2 aliphatic heterocycles. The molecule has 0 saturated carbocycles. The maximum absolute atomic E-state index is 11.7. The third kappa shape index (κ3) is 1.27. The summed E-state index contributed by atoms with van der Waals surface area (Å²) < 4.78 is 5.38. The van der Waals surface area contributed by atoms with Crippen molar-refractivity contribution in [3.8, 4) is 0 Å². The second kappa shape index (κ2) is 3.11. The molecule has 2 atom stereocenters. The highest BCUT2D eigenvalue weighted by Crippen LogP contribution is 2.44. The molecule has 1 aliphatic carbocycles.